The summed E-state index contributed by atoms with van der Waals surface area (Å²) in [6, 6.07) is 13.1. The van der Waals surface area contributed by atoms with Gasteiger partial charge in [-0.2, -0.15) is 5.10 Å². The number of halogens is 2. The van der Waals surface area contributed by atoms with E-state index in [1.54, 1.807) is 48.5 Å². The van der Waals surface area contributed by atoms with Crippen molar-refractivity contribution >= 4 is 50.0 Å². The minimum Gasteiger partial charge on any atom is -0.486 e. The number of benzene rings is 3. The molecule has 2 aliphatic heterocycles. The van der Waals surface area contributed by atoms with Gasteiger partial charge in [-0.3, -0.25) is 4.79 Å². The lowest BCUT2D eigenvalue weighted by Gasteiger charge is -2.18. The molecule has 0 atom stereocenters. The Labute approximate surface area is 216 Å². The molecule has 0 unspecified atom stereocenters. The highest BCUT2D eigenvalue weighted by Gasteiger charge is 2.20. The summed E-state index contributed by atoms with van der Waals surface area (Å²) in [5.74, 6) is 1.32. The summed E-state index contributed by atoms with van der Waals surface area (Å²) in [5.41, 5.74) is 3.56. The number of nitrogens with one attached hydrogen (secondary N) is 1. The molecule has 0 aliphatic carbocycles. The summed E-state index contributed by atoms with van der Waals surface area (Å²) >= 11 is 6.82. The first-order valence-electron chi connectivity index (χ1n) is 10.3. The lowest BCUT2D eigenvalue weighted by Crippen LogP contribution is -2.19. The van der Waals surface area contributed by atoms with Crippen LogP contribution >= 0.6 is 31.9 Å². The number of amides is 1. The third-order valence-corrected chi connectivity index (χ3v) is 6.06. The van der Waals surface area contributed by atoms with E-state index < -0.39 is 11.9 Å². The summed E-state index contributed by atoms with van der Waals surface area (Å²) in [6.45, 7) is 0.985. The topological polar surface area (TPSA) is 105 Å². The molecule has 0 aromatic heterocycles. The van der Waals surface area contributed by atoms with E-state index in [4.69, 9.17) is 23.7 Å². The summed E-state index contributed by atoms with van der Waals surface area (Å²) in [7, 11) is 0. The van der Waals surface area contributed by atoms with Crippen LogP contribution in [0.15, 0.2) is 62.6 Å². The summed E-state index contributed by atoms with van der Waals surface area (Å²) in [6.07, 6.45) is 1.38. The zero-order chi connectivity index (χ0) is 24.4. The van der Waals surface area contributed by atoms with E-state index in [0.717, 1.165) is 0 Å². The van der Waals surface area contributed by atoms with Gasteiger partial charge >= 0.3 is 5.97 Å². The third-order valence-electron chi connectivity index (χ3n) is 5.01. The highest BCUT2D eigenvalue weighted by Crippen LogP contribution is 2.35. The van der Waals surface area contributed by atoms with Gasteiger partial charge in [0.05, 0.1) is 16.3 Å². The molecule has 35 heavy (non-hydrogen) atoms. The van der Waals surface area contributed by atoms with Gasteiger partial charge in [0, 0.05) is 15.6 Å². The Hall–Kier alpha value is -3.57. The molecule has 5 rings (SSSR count). The molecule has 0 saturated carbocycles. The standard InChI is InChI=1S/C24H16Br2N2O7/c25-16-7-15(11-27-28-23(29)13-1-3-18-20(8-13)32-6-5-31-18)22(17(26)10-16)35-24(30)14-2-4-19-21(9-14)34-12-33-19/h1-4,7-11H,5-6,12H2,(H,28,29). The molecular weight excluding hydrogens is 588 g/mol. The van der Waals surface area contributed by atoms with Crippen molar-refractivity contribution in [1.82, 2.24) is 5.43 Å². The van der Waals surface area contributed by atoms with Crippen LogP contribution in [-0.4, -0.2) is 38.1 Å². The second-order valence-corrected chi connectivity index (χ2v) is 9.09. The normalized spacial score (nSPS) is 13.5. The Morgan fingerprint density at radius 3 is 2.34 bits per heavy atom. The molecule has 11 heteroatoms. The molecule has 2 heterocycles. The molecule has 9 nitrogen and oxygen atoms in total. The first-order chi connectivity index (χ1) is 17.0. The summed E-state index contributed by atoms with van der Waals surface area (Å²) < 4.78 is 28.4. The first-order valence-corrected chi connectivity index (χ1v) is 11.9. The van der Waals surface area contributed by atoms with Crippen LogP contribution in [0.1, 0.15) is 26.3 Å². The maximum Gasteiger partial charge on any atom is 0.343 e. The Morgan fingerprint density at radius 2 is 1.51 bits per heavy atom. The fourth-order valence-electron chi connectivity index (χ4n) is 3.37. The average Bonchev–Trinajstić information content (AvgIpc) is 3.33. The number of hydrogen-bond donors (Lipinski definition) is 1. The number of hydrogen-bond acceptors (Lipinski definition) is 8. The summed E-state index contributed by atoms with van der Waals surface area (Å²) in [4.78, 5) is 25.3. The maximum atomic E-state index is 12.8. The van der Waals surface area contributed by atoms with Crippen molar-refractivity contribution in [3.8, 4) is 28.7 Å². The van der Waals surface area contributed by atoms with Crippen LogP contribution in [-0.2, 0) is 0 Å². The van der Waals surface area contributed by atoms with Crippen LogP contribution in [0.5, 0.6) is 28.7 Å². The van der Waals surface area contributed by atoms with Crippen molar-refractivity contribution < 1.29 is 33.3 Å². The molecule has 178 valence electrons. The van der Waals surface area contributed by atoms with Gasteiger partial charge in [-0.1, -0.05) is 15.9 Å². The van der Waals surface area contributed by atoms with E-state index >= 15 is 0 Å². The molecule has 1 amide bonds. The monoisotopic (exact) mass is 602 g/mol. The number of nitrogens with zero attached hydrogens (tertiary/aromatic N) is 1. The zero-order valence-electron chi connectivity index (χ0n) is 17.9. The molecule has 2 aliphatic rings. The SMILES string of the molecule is O=C(NN=Cc1cc(Br)cc(Br)c1OC(=O)c1ccc2c(c1)OCO2)c1ccc2c(c1)OCCO2. The lowest BCUT2D eigenvalue weighted by molar-refractivity contribution is 0.0732. The van der Waals surface area contributed by atoms with E-state index in [9.17, 15) is 9.59 Å². The van der Waals surface area contributed by atoms with Crippen LogP contribution < -0.4 is 29.1 Å². The minimum atomic E-state index is -0.596. The molecule has 0 saturated heterocycles. The number of rotatable bonds is 5. The number of hydrazone groups is 1. The van der Waals surface area contributed by atoms with Crippen molar-refractivity contribution in [2.75, 3.05) is 20.0 Å². The van der Waals surface area contributed by atoms with Crippen molar-refractivity contribution in [3.63, 3.8) is 0 Å². The molecular formula is C24H16Br2N2O7. The van der Waals surface area contributed by atoms with Crippen LogP contribution in [0, 0.1) is 0 Å². The second-order valence-electron chi connectivity index (χ2n) is 7.32. The molecule has 0 spiro atoms. The van der Waals surface area contributed by atoms with Gasteiger partial charge in [0.25, 0.3) is 5.91 Å². The lowest BCUT2D eigenvalue weighted by atomic mass is 10.2. The van der Waals surface area contributed by atoms with E-state index in [2.05, 4.69) is 42.4 Å². The van der Waals surface area contributed by atoms with Crippen LogP contribution in [0.3, 0.4) is 0 Å². The number of carbonyl (C=O) groups is 2. The molecule has 3 aromatic rings. The Balaban J connectivity index is 1.32. The average molecular weight is 604 g/mol. The highest BCUT2D eigenvalue weighted by atomic mass is 79.9. The number of fused-ring (bicyclic) bond motifs is 2. The third kappa shape index (κ3) is 5.10. The maximum absolute atomic E-state index is 12.8. The molecule has 0 radical (unpaired) electrons. The Bertz CT molecular complexity index is 1360. The predicted octanol–water partition coefficient (Wildman–Crippen LogP) is 4.69. The second kappa shape index (κ2) is 9.96. The van der Waals surface area contributed by atoms with Gasteiger partial charge in [0.15, 0.2) is 28.7 Å². The molecule has 0 bridgehead atoms. The van der Waals surface area contributed by atoms with Crippen molar-refractivity contribution in [1.29, 1.82) is 0 Å². The van der Waals surface area contributed by atoms with Gasteiger partial charge in [-0.15, -0.1) is 0 Å². The van der Waals surface area contributed by atoms with E-state index in [1.807, 2.05) is 0 Å². The largest absolute Gasteiger partial charge is 0.486 e. The van der Waals surface area contributed by atoms with Gasteiger partial charge in [-0.25, -0.2) is 10.2 Å². The quantitative estimate of drug-likeness (QED) is 0.195. The smallest absolute Gasteiger partial charge is 0.343 e. The van der Waals surface area contributed by atoms with Gasteiger partial charge in [-0.05, 0) is 64.5 Å². The van der Waals surface area contributed by atoms with Gasteiger partial charge < -0.3 is 23.7 Å². The van der Waals surface area contributed by atoms with Crippen molar-refractivity contribution in [2.24, 2.45) is 5.10 Å². The number of ether oxygens (including phenoxy) is 5. The number of esters is 1. The molecule has 0 fully saturated rings. The number of carbonyl (C=O) groups excluding carboxylic acids is 2. The van der Waals surface area contributed by atoms with E-state index in [-0.39, 0.29) is 12.5 Å². The predicted molar refractivity (Wildman–Crippen MR) is 132 cm³/mol. The van der Waals surface area contributed by atoms with Gasteiger partial charge in [0.1, 0.15) is 13.2 Å². The Morgan fingerprint density at radius 1 is 0.857 bits per heavy atom. The Kier molecular flexibility index (Phi) is 6.60. The zero-order valence-corrected chi connectivity index (χ0v) is 21.1. The van der Waals surface area contributed by atoms with Crippen LogP contribution in [0.4, 0.5) is 0 Å². The minimum absolute atomic E-state index is 0.102. The van der Waals surface area contributed by atoms with Crippen molar-refractivity contribution in [3.05, 3.63) is 74.2 Å². The fraction of sp³-hybridized carbons (Fsp3) is 0.125. The summed E-state index contributed by atoms with van der Waals surface area (Å²) in [5, 5.41) is 4.03. The molecule has 3 aromatic carbocycles. The first kappa shape index (κ1) is 23.2. The molecule has 1 N–H and O–H groups in total. The van der Waals surface area contributed by atoms with Gasteiger partial charge in [0.2, 0.25) is 6.79 Å². The van der Waals surface area contributed by atoms with Crippen molar-refractivity contribution in [2.45, 2.75) is 0 Å². The van der Waals surface area contributed by atoms with Crippen LogP contribution in [0.25, 0.3) is 0 Å². The highest BCUT2D eigenvalue weighted by molar-refractivity contribution is 9.11. The van der Waals surface area contributed by atoms with Crippen LogP contribution in [0.2, 0.25) is 0 Å². The van der Waals surface area contributed by atoms with E-state index in [0.29, 0.717) is 61.8 Å². The fourth-order valence-corrected chi connectivity index (χ4v) is 4.71. The van der Waals surface area contributed by atoms with E-state index in [1.165, 1.54) is 6.21 Å².